The van der Waals surface area contributed by atoms with E-state index in [0.717, 1.165) is 12.8 Å². The zero-order valence-corrected chi connectivity index (χ0v) is 5.21. The molecule has 0 saturated heterocycles. The molecule has 0 unspecified atom stereocenters. The number of carbonyl (C=O) groups is 1. The monoisotopic (exact) mass is 129 g/mol. The SMILES string of the molecule is NC(=O)[C@@H]1CC[C@H](O)C1. The summed E-state index contributed by atoms with van der Waals surface area (Å²) in [5.41, 5.74) is 5.01. The number of primary amides is 1. The number of aliphatic hydroxyl groups is 1. The number of carbonyl (C=O) groups excluding carboxylic acids is 1. The quantitative estimate of drug-likeness (QED) is 0.507. The molecular formula is C6H11NO2. The van der Waals surface area contributed by atoms with Gasteiger partial charge in [0, 0.05) is 5.92 Å². The Bertz CT molecular complexity index is 124. The van der Waals surface area contributed by atoms with E-state index in [1.165, 1.54) is 0 Å². The van der Waals surface area contributed by atoms with Crippen molar-refractivity contribution in [1.29, 1.82) is 0 Å². The topological polar surface area (TPSA) is 63.3 Å². The molecule has 3 heteroatoms. The van der Waals surface area contributed by atoms with Gasteiger partial charge in [-0.25, -0.2) is 0 Å². The first kappa shape index (κ1) is 6.55. The zero-order chi connectivity index (χ0) is 6.85. The molecule has 9 heavy (non-hydrogen) atoms. The standard InChI is InChI=1S/C6H11NO2/c7-6(9)4-1-2-5(8)3-4/h4-5,8H,1-3H2,(H2,7,9)/t4-,5+/m1/s1. The Morgan fingerprint density at radius 1 is 1.56 bits per heavy atom. The van der Waals surface area contributed by atoms with Crippen molar-refractivity contribution in [3.8, 4) is 0 Å². The van der Waals surface area contributed by atoms with Gasteiger partial charge in [-0.05, 0) is 19.3 Å². The molecule has 0 aromatic heterocycles. The number of hydrogen-bond acceptors (Lipinski definition) is 2. The van der Waals surface area contributed by atoms with Crippen molar-refractivity contribution < 1.29 is 9.90 Å². The molecule has 0 bridgehead atoms. The maximum Gasteiger partial charge on any atom is 0.220 e. The molecule has 3 N–H and O–H groups in total. The van der Waals surface area contributed by atoms with Crippen LogP contribution >= 0.6 is 0 Å². The summed E-state index contributed by atoms with van der Waals surface area (Å²) in [5, 5.41) is 8.94. The molecule has 1 rings (SSSR count). The minimum Gasteiger partial charge on any atom is -0.393 e. The van der Waals surface area contributed by atoms with Crippen LogP contribution in [0.25, 0.3) is 0 Å². The summed E-state index contributed by atoms with van der Waals surface area (Å²) < 4.78 is 0. The van der Waals surface area contributed by atoms with Crippen molar-refractivity contribution in [3.63, 3.8) is 0 Å². The van der Waals surface area contributed by atoms with Crippen LogP contribution in [-0.2, 0) is 4.79 Å². The molecule has 1 aliphatic rings. The van der Waals surface area contributed by atoms with Crippen molar-refractivity contribution in [2.24, 2.45) is 11.7 Å². The lowest BCUT2D eigenvalue weighted by Gasteiger charge is -2.00. The predicted octanol–water partition coefficient (Wildman–Crippen LogP) is -0.367. The van der Waals surface area contributed by atoms with Crippen LogP contribution in [0.1, 0.15) is 19.3 Å². The number of nitrogens with two attached hydrogens (primary N) is 1. The van der Waals surface area contributed by atoms with Crippen LogP contribution in [0.4, 0.5) is 0 Å². The highest BCUT2D eigenvalue weighted by Gasteiger charge is 2.26. The van der Waals surface area contributed by atoms with Crippen molar-refractivity contribution >= 4 is 5.91 Å². The maximum absolute atomic E-state index is 10.5. The lowest BCUT2D eigenvalue weighted by molar-refractivity contribution is -0.121. The van der Waals surface area contributed by atoms with Gasteiger partial charge in [0.2, 0.25) is 5.91 Å². The fourth-order valence-corrected chi connectivity index (χ4v) is 1.22. The molecule has 52 valence electrons. The Labute approximate surface area is 53.9 Å². The Kier molecular flexibility index (Phi) is 1.71. The van der Waals surface area contributed by atoms with Gasteiger partial charge < -0.3 is 10.8 Å². The van der Waals surface area contributed by atoms with Crippen LogP contribution in [-0.4, -0.2) is 17.1 Å². The van der Waals surface area contributed by atoms with Gasteiger partial charge in [-0.3, -0.25) is 4.79 Å². The fourth-order valence-electron chi connectivity index (χ4n) is 1.22. The molecule has 1 amide bonds. The number of hydrogen-bond donors (Lipinski definition) is 2. The van der Waals surface area contributed by atoms with E-state index in [-0.39, 0.29) is 17.9 Å². The largest absolute Gasteiger partial charge is 0.393 e. The highest BCUT2D eigenvalue weighted by Crippen LogP contribution is 2.24. The highest BCUT2D eigenvalue weighted by molar-refractivity contribution is 5.76. The first-order valence-corrected chi connectivity index (χ1v) is 3.17. The molecule has 0 aliphatic heterocycles. The molecule has 0 radical (unpaired) electrons. The average molecular weight is 129 g/mol. The van der Waals surface area contributed by atoms with Gasteiger partial charge in [-0.15, -0.1) is 0 Å². The minimum absolute atomic E-state index is 0.0694. The maximum atomic E-state index is 10.5. The summed E-state index contributed by atoms with van der Waals surface area (Å²) in [4.78, 5) is 10.5. The second kappa shape index (κ2) is 2.35. The Morgan fingerprint density at radius 2 is 2.22 bits per heavy atom. The fraction of sp³-hybridized carbons (Fsp3) is 0.833. The summed E-state index contributed by atoms with van der Waals surface area (Å²) in [6, 6.07) is 0. The first-order chi connectivity index (χ1) is 4.20. The molecule has 1 fully saturated rings. The van der Waals surface area contributed by atoms with E-state index in [1.54, 1.807) is 0 Å². The third-order valence-electron chi connectivity index (χ3n) is 1.81. The van der Waals surface area contributed by atoms with Crippen LogP contribution in [0.15, 0.2) is 0 Å². The van der Waals surface area contributed by atoms with Crippen LogP contribution in [0.3, 0.4) is 0 Å². The molecule has 1 saturated carbocycles. The normalized spacial score (nSPS) is 34.8. The van der Waals surface area contributed by atoms with Crippen LogP contribution in [0.5, 0.6) is 0 Å². The molecule has 0 heterocycles. The van der Waals surface area contributed by atoms with Crippen LogP contribution < -0.4 is 5.73 Å². The number of amides is 1. The Morgan fingerprint density at radius 3 is 2.44 bits per heavy atom. The summed E-state index contributed by atoms with van der Waals surface area (Å²) >= 11 is 0. The molecule has 0 aromatic carbocycles. The summed E-state index contributed by atoms with van der Waals surface area (Å²) in [5.74, 6) is -0.341. The van der Waals surface area contributed by atoms with Gasteiger partial charge in [0.1, 0.15) is 0 Å². The molecule has 1 aliphatic carbocycles. The zero-order valence-electron chi connectivity index (χ0n) is 5.21. The van der Waals surface area contributed by atoms with Crippen LogP contribution in [0, 0.1) is 5.92 Å². The molecule has 0 aromatic rings. The second-order valence-corrected chi connectivity index (χ2v) is 2.57. The van der Waals surface area contributed by atoms with Crippen LogP contribution in [0.2, 0.25) is 0 Å². The van der Waals surface area contributed by atoms with E-state index in [1.807, 2.05) is 0 Å². The number of rotatable bonds is 1. The molecule has 2 atom stereocenters. The van der Waals surface area contributed by atoms with Crippen molar-refractivity contribution in [2.45, 2.75) is 25.4 Å². The van der Waals surface area contributed by atoms with Crippen molar-refractivity contribution in [3.05, 3.63) is 0 Å². The van der Waals surface area contributed by atoms with Crippen molar-refractivity contribution in [1.82, 2.24) is 0 Å². The summed E-state index contributed by atoms with van der Waals surface area (Å²) in [6.07, 6.45) is 1.77. The third kappa shape index (κ3) is 1.42. The predicted molar refractivity (Wildman–Crippen MR) is 32.5 cm³/mol. The average Bonchev–Trinajstić information content (AvgIpc) is 2.14. The van der Waals surface area contributed by atoms with E-state index in [0.29, 0.717) is 6.42 Å². The van der Waals surface area contributed by atoms with Gasteiger partial charge in [-0.1, -0.05) is 0 Å². The smallest absolute Gasteiger partial charge is 0.220 e. The van der Waals surface area contributed by atoms with Gasteiger partial charge >= 0.3 is 0 Å². The van der Waals surface area contributed by atoms with E-state index in [2.05, 4.69) is 0 Å². The van der Waals surface area contributed by atoms with E-state index < -0.39 is 0 Å². The minimum atomic E-state index is -0.289. The van der Waals surface area contributed by atoms with Gasteiger partial charge in [0.05, 0.1) is 6.10 Å². The van der Waals surface area contributed by atoms with E-state index in [9.17, 15) is 4.79 Å². The van der Waals surface area contributed by atoms with Gasteiger partial charge in [0.15, 0.2) is 0 Å². The second-order valence-electron chi connectivity index (χ2n) is 2.57. The number of aliphatic hydroxyl groups excluding tert-OH is 1. The molecule has 3 nitrogen and oxygen atoms in total. The molecule has 0 spiro atoms. The van der Waals surface area contributed by atoms with Crippen molar-refractivity contribution in [2.75, 3.05) is 0 Å². The van der Waals surface area contributed by atoms with E-state index >= 15 is 0 Å². The molecular weight excluding hydrogens is 118 g/mol. The van der Waals surface area contributed by atoms with Gasteiger partial charge in [0.25, 0.3) is 0 Å². The Balaban J connectivity index is 2.39. The third-order valence-corrected chi connectivity index (χ3v) is 1.81. The Hall–Kier alpha value is -0.570. The highest BCUT2D eigenvalue weighted by atomic mass is 16.3. The summed E-state index contributed by atoms with van der Waals surface area (Å²) in [7, 11) is 0. The summed E-state index contributed by atoms with van der Waals surface area (Å²) in [6.45, 7) is 0. The lowest BCUT2D eigenvalue weighted by Crippen LogP contribution is -2.21. The van der Waals surface area contributed by atoms with Gasteiger partial charge in [-0.2, -0.15) is 0 Å². The van der Waals surface area contributed by atoms with E-state index in [4.69, 9.17) is 10.8 Å². The lowest BCUT2D eigenvalue weighted by atomic mass is 10.1. The first-order valence-electron chi connectivity index (χ1n) is 3.17.